The van der Waals surface area contributed by atoms with Crippen LogP contribution in [0.2, 0.25) is 0 Å². The molecule has 0 radical (unpaired) electrons. The van der Waals surface area contributed by atoms with E-state index in [0.717, 1.165) is 6.07 Å². The minimum Gasteiger partial charge on any atom is -0.393 e. The Morgan fingerprint density at radius 2 is 2.24 bits per heavy atom. The molecule has 21 heavy (non-hydrogen) atoms. The summed E-state index contributed by atoms with van der Waals surface area (Å²) in [5.41, 5.74) is 5.39. The van der Waals surface area contributed by atoms with E-state index in [0.29, 0.717) is 19.4 Å². The molecule has 112 valence electrons. The molecule has 1 aromatic rings. The molecule has 1 heterocycles. The second-order valence-corrected chi connectivity index (χ2v) is 5.01. The average molecular weight is 292 g/mol. The fraction of sp³-hybridized carbons (Fsp3) is 0.385. The van der Waals surface area contributed by atoms with Gasteiger partial charge in [0.15, 0.2) is 0 Å². The van der Waals surface area contributed by atoms with Crippen LogP contribution < -0.4 is 11.1 Å². The maximum atomic E-state index is 12.1. The third-order valence-electron chi connectivity index (χ3n) is 3.45. The monoisotopic (exact) mass is 292 g/mol. The number of likely N-dealkylation sites (tertiary alicyclic amines) is 1. The lowest BCUT2D eigenvalue weighted by molar-refractivity contribution is -0.383. The van der Waals surface area contributed by atoms with Crippen LogP contribution in [0.15, 0.2) is 18.2 Å². The summed E-state index contributed by atoms with van der Waals surface area (Å²) >= 11 is 0. The zero-order valence-electron chi connectivity index (χ0n) is 11.5. The topological polar surface area (TPSA) is 119 Å². The second-order valence-electron chi connectivity index (χ2n) is 5.01. The van der Waals surface area contributed by atoms with E-state index in [9.17, 15) is 19.7 Å². The van der Waals surface area contributed by atoms with Gasteiger partial charge in [-0.05, 0) is 18.6 Å². The first-order chi connectivity index (χ1) is 9.88. The van der Waals surface area contributed by atoms with Gasteiger partial charge in [-0.2, -0.15) is 0 Å². The molecule has 2 amide bonds. The van der Waals surface area contributed by atoms with Crippen molar-refractivity contribution in [3.8, 4) is 0 Å². The van der Waals surface area contributed by atoms with Gasteiger partial charge in [0.1, 0.15) is 5.69 Å². The quantitative estimate of drug-likeness (QED) is 0.478. The van der Waals surface area contributed by atoms with Gasteiger partial charge >= 0.3 is 0 Å². The number of nitrogens with two attached hydrogens (primary N) is 1. The number of amides is 2. The van der Waals surface area contributed by atoms with Gasteiger partial charge in [-0.1, -0.05) is 0 Å². The van der Waals surface area contributed by atoms with E-state index in [1.165, 1.54) is 12.1 Å². The fourth-order valence-electron chi connectivity index (χ4n) is 2.24. The van der Waals surface area contributed by atoms with Crippen LogP contribution in [0.3, 0.4) is 0 Å². The largest absolute Gasteiger partial charge is 0.393 e. The van der Waals surface area contributed by atoms with Crippen LogP contribution in [-0.2, 0) is 4.79 Å². The minimum absolute atomic E-state index is 0.0135. The van der Waals surface area contributed by atoms with Gasteiger partial charge in [-0.3, -0.25) is 19.7 Å². The van der Waals surface area contributed by atoms with E-state index in [1.54, 1.807) is 11.9 Å². The summed E-state index contributed by atoms with van der Waals surface area (Å²) in [5.74, 6) is -0.366. The Balaban J connectivity index is 2.09. The number of carbonyl (C=O) groups excluding carboxylic acids is 2. The maximum absolute atomic E-state index is 12.1. The third-order valence-corrected chi connectivity index (χ3v) is 3.45. The number of anilines is 1. The molecule has 1 saturated heterocycles. The summed E-state index contributed by atoms with van der Waals surface area (Å²) in [6.45, 7) is 0.432. The van der Waals surface area contributed by atoms with Gasteiger partial charge in [0.05, 0.1) is 4.92 Å². The highest BCUT2D eigenvalue weighted by molar-refractivity contribution is 5.96. The standard InChI is InChI=1S/C13H16N4O4/c1-16-7-9(3-5-12(16)18)15-13(19)8-2-4-10(14)11(6-8)17(20)21/h2,4,6,9H,3,5,7,14H2,1H3,(H,15,19). The molecule has 0 bridgehead atoms. The smallest absolute Gasteiger partial charge is 0.292 e. The lowest BCUT2D eigenvalue weighted by Gasteiger charge is -2.30. The highest BCUT2D eigenvalue weighted by atomic mass is 16.6. The molecular formula is C13H16N4O4. The lowest BCUT2D eigenvalue weighted by Crippen LogP contribution is -2.48. The Morgan fingerprint density at radius 3 is 2.86 bits per heavy atom. The molecule has 2 rings (SSSR count). The molecule has 0 aliphatic carbocycles. The van der Waals surface area contributed by atoms with Crippen molar-refractivity contribution < 1.29 is 14.5 Å². The van der Waals surface area contributed by atoms with Gasteiger partial charge in [0.25, 0.3) is 11.6 Å². The van der Waals surface area contributed by atoms with Crippen molar-refractivity contribution in [2.75, 3.05) is 19.3 Å². The summed E-state index contributed by atoms with van der Waals surface area (Å²) in [4.78, 5) is 35.2. The normalized spacial score (nSPS) is 18.4. The summed E-state index contributed by atoms with van der Waals surface area (Å²) in [5, 5.41) is 13.6. The van der Waals surface area contributed by atoms with Gasteiger partial charge in [-0.15, -0.1) is 0 Å². The van der Waals surface area contributed by atoms with Crippen LogP contribution in [0.25, 0.3) is 0 Å². The van der Waals surface area contributed by atoms with Crippen LogP contribution in [0.5, 0.6) is 0 Å². The minimum atomic E-state index is -0.626. The molecule has 3 N–H and O–H groups in total. The van der Waals surface area contributed by atoms with Gasteiger partial charge < -0.3 is 16.0 Å². The molecular weight excluding hydrogens is 276 g/mol. The van der Waals surface area contributed by atoms with Crippen molar-refractivity contribution in [3.63, 3.8) is 0 Å². The number of nitrogens with zero attached hydrogens (tertiary/aromatic N) is 2. The number of hydrogen-bond donors (Lipinski definition) is 2. The van der Waals surface area contributed by atoms with Gasteiger partial charge in [0.2, 0.25) is 5.91 Å². The number of nitrogens with one attached hydrogen (secondary N) is 1. The number of nitro groups is 1. The molecule has 1 aromatic carbocycles. The average Bonchev–Trinajstić information content (AvgIpc) is 2.43. The predicted molar refractivity (Wildman–Crippen MR) is 75.6 cm³/mol. The van der Waals surface area contributed by atoms with E-state index in [1.807, 2.05) is 0 Å². The van der Waals surface area contributed by atoms with E-state index in [2.05, 4.69) is 5.32 Å². The number of rotatable bonds is 3. The van der Waals surface area contributed by atoms with Crippen molar-refractivity contribution in [2.45, 2.75) is 18.9 Å². The molecule has 1 unspecified atom stereocenters. The first-order valence-electron chi connectivity index (χ1n) is 6.47. The highest BCUT2D eigenvalue weighted by Gasteiger charge is 2.25. The summed E-state index contributed by atoms with van der Waals surface area (Å²) < 4.78 is 0. The van der Waals surface area contributed by atoms with E-state index in [-0.39, 0.29) is 28.9 Å². The number of hydrogen-bond acceptors (Lipinski definition) is 5. The molecule has 0 spiro atoms. The highest BCUT2D eigenvalue weighted by Crippen LogP contribution is 2.22. The SMILES string of the molecule is CN1CC(NC(=O)c2ccc(N)c([N+](=O)[O-])c2)CCC1=O. The number of nitrogen functional groups attached to an aromatic ring is 1. The summed E-state index contributed by atoms with van der Waals surface area (Å²) in [7, 11) is 1.68. The molecule has 0 aromatic heterocycles. The molecule has 0 saturated carbocycles. The van der Waals surface area contributed by atoms with Crippen LogP contribution in [0.1, 0.15) is 23.2 Å². The predicted octanol–water partition coefficient (Wildman–Crippen LogP) is 0.528. The van der Waals surface area contributed by atoms with Crippen LogP contribution in [0, 0.1) is 10.1 Å². The first-order valence-corrected chi connectivity index (χ1v) is 6.47. The number of piperidine rings is 1. The molecule has 1 fully saturated rings. The Labute approximate surface area is 121 Å². The van der Waals surface area contributed by atoms with Crippen LogP contribution >= 0.6 is 0 Å². The lowest BCUT2D eigenvalue weighted by atomic mass is 10.0. The molecule has 1 aliphatic rings. The zero-order valence-corrected chi connectivity index (χ0v) is 11.5. The summed E-state index contributed by atoms with van der Waals surface area (Å²) in [6.07, 6.45) is 0.940. The Hall–Kier alpha value is -2.64. The van der Waals surface area contributed by atoms with Crippen molar-refractivity contribution in [3.05, 3.63) is 33.9 Å². The molecule has 8 heteroatoms. The number of benzene rings is 1. The van der Waals surface area contributed by atoms with Crippen molar-refractivity contribution in [1.29, 1.82) is 0 Å². The molecule has 1 aliphatic heterocycles. The fourth-order valence-corrected chi connectivity index (χ4v) is 2.24. The summed E-state index contributed by atoms with van der Waals surface area (Å²) in [6, 6.07) is 3.78. The van der Waals surface area contributed by atoms with Crippen molar-refractivity contribution >= 4 is 23.2 Å². The second kappa shape index (κ2) is 5.78. The number of likely N-dealkylation sites (N-methyl/N-ethyl adjacent to an activating group) is 1. The van der Waals surface area contributed by atoms with E-state index in [4.69, 9.17) is 5.73 Å². The van der Waals surface area contributed by atoms with Crippen molar-refractivity contribution in [2.24, 2.45) is 0 Å². The molecule has 1 atom stereocenters. The van der Waals surface area contributed by atoms with E-state index >= 15 is 0 Å². The van der Waals surface area contributed by atoms with Gasteiger partial charge in [-0.25, -0.2) is 0 Å². The van der Waals surface area contributed by atoms with E-state index < -0.39 is 10.8 Å². The molecule has 8 nitrogen and oxygen atoms in total. The Kier molecular flexibility index (Phi) is 4.06. The van der Waals surface area contributed by atoms with Crippen LogP contribution in [-0.4, -0.2) is 41.3 Å². The third kappa shape index (κ3) is 3.28. The number of nitro benzene ring substituents is 1. The first kappa shape index (κ1) is 14.8. The maximum Gasteiger partial charge on any atom is 0.292 e. The Morgan fingerprint density at radius 1 is 1.52 bits per heavy atom. The van der Waals surface area contributed by atoms with Crippen LogP contribution in [0.4, 0.5) is 11.4 Å². The van der Waals surface area contributed by atoms with Crippen molar-refractivity contribution in [1.82, 2.24) is 10.2 Å². The zero-order chi connectivity index (χ0) is 15.6. The Bertz CT molecular complexity index is 602. The van der Waals surface area contributed by atoms with Gasteiger partial charge in [0, 0.05) is 37.7 Å². The number of carbonyl (C=O) groups is 2.